The van der Waals surface area contributed by atoms with Crippen molar-refractivity contribution in [3.63, 3.8) is 0 Å². The molecule has 0 saturated carbocycles. The molecule has 1 saturated heterocycles. The van der Waals surface area contributed by atoms with E-state index < -0.39 is 0 Å². The van der Waals surface area contributed by atoms with E-state index in [1.54, 1.807) is 0 Å². The van der Waals surface area contributed by atoms with E-state index in [0.29, 0.717) is 0 Å². The summed E-state index contributed by atoms with van der Waals surface area (Å²) in [5, 5.41) is 0.808. The number of unbranched alkanes of at least 4 members (excludes halogenated alkanes) is 3. The van der Waals surface area contributed by atoms with Crippen LogP contribution in [0.15, 0.2) is 48.5 Å². The standard InChI is InChI=1S/C23H31ClN2O/c1-2-3-4-5-17-27-23-11-9-20(10-12-23)19-25-13-15-26(16-14-25)22-8-6-7-21(24)18-22/h6-12,18H,2-5,13-17,19H2,1H3. The van der Waals surface area contributed by atoms with Gasteiger partial charge in [-0.25, -0.2) is 0 Å². The van der Waals surface area contributed by atoms with Gasteiger partial charge in [-0.2, -0.15) is 0 Å². The van der Waals surface area contributed by atoms with Crippen LogP contribution in [0.1, 0.15) is 38.2 Å². The fourth-order valence-corrected chi connectivity index (χ4v) is 3.69. The number of hydrogen-bond donors (Lipinski definition) is 0. The average molecular weight is 387 g/mol. The van der Waals surface area contributed by atoms with Crippen molar-refractivity contribution in [1.29, 1.82) is 0 Å². The van der Waals surface area contributed by atoms with Crippen LogP contribution in [0.2, 0.25) is 5.02 Å². The predicted octanol–water partition coefficient (Wildman–Crippen LogP) is 5.62. The van der Waals surface area contributed by atoms with Gasteiger partial charge in [0.05, 0.1) is 6.61 Å². The molecule has 3 rings (SSSR count). The van der Waals surface area contributed by atoms with Gasteiger partial charge in [0, 0.05) is 43.4 Å². The van der Waals surface area contributed by atoms with E-state index in [2.05, 4.69) is 53.1 Å². The van der Waals surface area contributed by atoms with Gasteiger partial charge < -0.3 is 9.64 Å². The number of halogens is 1. The Kier molecular flexibility index (Phi) is 7.85. The Morgan fingerprint density at radius 1 is 0.926 bits per heavy atom. The second kappa shape index (κ2) is 10.6. The van der Waals surface area contributed by atoms with Gasteiger partial charge in [-0.3, -0.25) is 4.90 Å². The largest absolute Gasteiger partial charge is 0.494 e. The van der Waals surface area contributed by atoms with Crippen molar-refractivity contribution in [1.82, 2.24) is 4.90 Å². The molecule has 3 nitrogen and oxygen atoms in total. The average Bonchev–Trinajstić information content (AvgIpc) is 2.70. The molecule has 0 atom stereocenters. The molecule has 0 aliphatic carbocycles. The number of rotatable bonds is 9. The normalized spacial score (nSPS) is 15.1. The first-order valence-corrected chi connectivity index (χ1v) is 10.6. The fraction of sp³-hybridized carbons (Fsp3) is 0.478. The molecule has 0 aromatic heterocycles. The lowest BCUT2D eigenvalue weighted by Gasteiger charge is -2.36. The van der Waals surface area contributed by atoms with Crippen LogP contribution < -0.4 is 9.64 Å². The quantitative estimate of drug-likeness (QED) is 0.520. The molecule has 1 aliphatic rings. The Morgan fingerprint density at radius 3 is 2.41 bits per heavy atom. The summed E-state index contributed by atoms with van der Waals surface area (Å²) < 4.78 is 5.84. The number of ether oxygens (including phenoxy) is 1. The van der Waals surface area contributed by atoms with Gasteiger partial charge in [-0.15, -0.1) is 0 Å². The third-order valence-electron chi connectivity index (χ3n) is 5.14. The van der Waals surface area contributed by atoms with E-state index >= 15 is 0 Å². The van der Waals surface area contributed by atoms with Crippen LogP contribution in [-0.4, -0.2) is 37.7 Å². The Hall–Kier alpha value is -1.71. The van der Waals surface area contributed by atoms with Crippen LogP contribution in [0.25, 0.3) is 0 Å². The molecule has 0 spiro atoms. The smallest absolute Gasteiger partial charge is 0.119 e. The Labute approximate surface area is 168 Å². The first-order chi connectivity index (χ1) is 13.2. The highest BCUT2D eigenvalue weighted by atomic mass is 35.5. The van der Waals surface area contributed by atoms with Crippen LogP contribution in [0.3, 0.4) is 0 Å². The van der Waals surface area contributed by atoms with Crippen molar-refractivity contribution in [3.05, 3.63) is 59.1 Å². The molecule has 146 valence electrons. The van der Waals surface area contributed by atoms with Crippen molar-refractivity contribution < 1.29 is 4.74 Å². The Balaban J connectivity index is 1.41. The molecule has 0 unspecified atom stereocenters. The Morgan fingerprint density at radius 2 is 1.70 bits per heavy atom. The summed E-state index contributed by atoms with van der Waals surface area (Å²) in [5.74, 6) is 0.987. The van der Waals surface area contributed by atoms with E-state index in [1.807, 2.05) is 12.1 Å². The van der Waals surface area contributed by atoms with Gasteiger partial charge in [0.15, 0.2) is 0 Å². The third-order valence-corrected chi connectivity index (χ3v) is 5.38. The predicted molar refractivity (Wildman–Crippen MR) is 115 cm³/mol. The number of hydrogen-bond acceptors (Lipinski definition) is 3. The number of piperazine rings is 1. The van der Waals surface area contributed by atoms with Crippen molar-refractivity contribution in [2.45, 2.75) is 39.2 Å². The molecule has 0 amide bonds. The second-order valence-corrected chi connectivity index (χ2v) is 7.73. The number of anilines is 1. The summed E-state index contributed by atoms with van der Waals surface area (Å²) in [5.41, 5.74) is 2.58. The molecule has 27 heavy (non-hydrogen) atoms. The summed E-state index contributed by atoms with van der Waals surface area (Å²) in [7, 11) is 0. The maximum absolute atomic E-state index is 6.12. The molecule has 2 aromatic carbocycles. The number of benzene rings is 2. The molecule has 0 radical (unpaired) electrons. The minimum Gasteiger partial charge on any atom is -0.494 e. The monoisotopic (exact) mass is 386 g/mol. The van der Waals surface area contributed by atoms with E-state index in [4.69, 9.17) is 16.3 Å². The first kappa shape index (κ1) is 20.0. The van der Waals surface area contributed by atoms with Crippen molar-refractivity contribution >= 4 is 17.3 Å². The summed E-state index contributed by atoms with van der Waals surface area (Å²) in [4.78, 5) is 4.93. The zero-order valence-corrected chi connectivity index (χ0v) is 17.1. The van der Waals surface area contributed by atoms with Crippen molar-refractivity contribution in [2.24, 2.45) is 0 Å². The van der Waals surface area contributed by atoms with Crippen LogP contribution in [0, 0.1) is 0 Å². The molecule has 2 aromatic rings. The molecule has 1 aliphatic heterocycles. The van der Waals surface area contributed by atoms with Gasteiger partial charge >= 0.3 is 0 Å². The van der Waals surface area contributed by atoms with Gasteiger partial charge in [0.2, 0.25) is 0 Å². The topological polar surface area (TPSA) is 15.7 Å². The molecular formula is C23H31ClN2O. The molecule has 4 heteroatoms. The first-order valence-electron chi connectivity index (χ1n) is 10.2. The summed E-state index contributed by atoms with van der Waals surface area (Å²) in [6, 6.07) is 16.8. The summed E-state index contributed by atoms with van der Waals surface area (Å²) in [6.07, 6.45) is 4.97. The number of nitrogens with zero attached hydrogens (tertiary/aromatic N) is 2. The zero-order valence-electron chi connectivity index (χ0n) is 16.4. The summed E-state index contributed by atoms with van der Waals surface area (Å²) in [6.45, 7) is 8.28. The maximum atomic E-state index is 6.12. The van der Waals surface area contributed by atoms with Gasteiger partial charge in [0.25, 0.3) is 0 Å². The van der Waals surface area contributed by atoms with Gasteiger partial charge in [0.1, 0.15) is 5.75 Å². The molecule has 0 bridgehead atoms. The fourth-order valence-electron chi connectivity index (χ4n) is 3.51. The van der Waals surface area contributed by atoms with Gasteiger partial charge in [-0.05, 0) is 42.3 Å². The lowest BCUT2D eigenvalue weighted by atomic mass is 10.2. The second-order valence-electron chi connectivity index (χ2n) is 7.30. The highest BCUT2D eigenvalue weighted by molar-refractivity contribution is 6.30. The third kappa shape index (κ3) is 6.44. The highest BCUT2D eigenvalue weighted by Gasteiger charge is 2.17. The van der Waals surface area contributed by atoms with Crippen LogP contribution >= 0.6 is 11.6 Å². The van der Waals surface area contributed by atoms with Crippen LogP contribution in [0.4, 0.5) is 5.69 Å². The molecule has 1 fully saturated rings. The maximum Gasteiger partial charge on any atom is 0.119 e. The van der Waals surface area contributed by atoms with Crippen molar-refractivity contribution in [3.8, 4) is 5.75 Å². The summed E-state index contributed by atoms with van der Waals surface area (Å²) >= 11 is 6.12. The van der Waals surface area contributed by atoms with Crippen molar-refractivity contribution in [2.75, 3.05) is 37.7 Å². The van der Waals surface area contributed by atoms with Crippen LogP contribution in [0.5, 0.6) is 5.75 Å². The van der Waals surface area contributed by atoms with Crippen LogP contribution in [-0.2, 0) is 6.54 Å². The van der Waals surface area contributed by atoms with E-state index in [9.17, 15) is 0 Å². The molecule has 1 heterocycles. The molecule has 0 N–H and O–H groups in total. The van der Waals surface area contributed by atoms with E-state index in [1.165, 1.54) is 30.5 Å². The lowest BCUT2D eigenvalue weighted by Crippen LogP contribution is -2.45. The van der Waals surface area contributed by atoms with Gasteiger partial charge in [-0.1, -0.05) is 56.0 Å². The minimum absolute atomic E-state index is 0.808. The Bertz CT molecular complexity index is 681. The van der Waals surface area contributed by atoms with E-state index in [-0.39, 0.29) is 0 Å². The highest BCUT2D eigenvalue weighted by Crippen LogP contribution is 2.21. The minimum atomic E-state index is 0.808. The van der Waals surface area contributed by atoms with E-state index in [0.717, 1.165) is 56.5 Å². The lowest BCUT2D eigenvalue weighted by molar-refractivity contribution is 0.249. The zero-order chi connectivity index (χ0) is 18.9. The molecular weight excluding hydrogens is 356 g/mol. The SMILES string of the molecule is CCCCCCOc1ccc(CN2CCN(c3cccc(Cl)c3)CC2)cc1.